The molecule has 3 aromatic carbocycles. The zero-order valence-electron chi connectivity index (χ0n) is 14.0. The van der Waals surface area contributed by atoms with Crippen LogP contribution in [0.1, 0.15) is 5.56 Å². The van der Waals surface area contributed by atoms with Gasteiger partial charge in [0.1, 0.15) is 17.1 Å². The van der Waals surface area contributed by atoms with Crippen molar-refractivity contribution in [2.45, 2.75) is 0 Å². The molecule has 3 aromatic rings. The van der Waals surface area contributed by atoms with Crippen molar-refractivity contribution >= 4 is 51.3 Å². The SMILES string of the molecule is COc1ccccc1N=C1C(=O)N(c2ccccc2I)c2ccccc21. The molecule has 5 heteroatoms. The van der Waals surface area contributed by atoms with E-state index in [0.29, 0.717) is 17.1 Å². The van der Waals surface area contributed by atoms with E-state index in [2.05, 4.69) is 27.6 Å². The summed E-state index contributed by atoms with van der Waals surface area (Å²) in [5.41, 5.74) is 3.58. The lowest BCUT2D eigenvalue weighted by atomic mass is 10.1. The second-order valence-electron chi connectivity index (χ2n) is 5.74. The fraction of sp³-hybridized carbons (Fsp3) is 0.0476. The number of anilines is 2. The summed E-state index contributed by atoms with van der Waals surface area (Å²) < 4.78 is 6.38. The standard InChI is InChI=1S/C21H15IN2O2/c1-26-19-13-7-4-10-16(19)23-20-14-8-2-5-11-17(14)24(21(20)25)18-12-6-3-9-15(18)22/h2-13H,1H3. The molecule has 0 atom stereocenters. The monoisotopic (exact) mass is 454 g/mol. The highest BCUT2D eigenvalue weighted by molar-refractivity contribution is 14.1. The topological polar surface area (TPSA) is 41.9 Å². The molecule has 1 amide bonds. The highest BCUT2D eigenvalue weighted by atomic mass is 127. The molecular weight excluding hydrogens is 439 g/mol. The van der Waals surface area contributed by atoms with Gasteiger partial charge in [0.05, 0.1) is 18.5 Å². The van der Waals surface area contributed by atoms with Crippen molar-refractivity contribution in [3.05, 3.63) is 81.9 Å². The molecule has 1 aliphatic heterocycles. The Kier molecular flexibility index (Phi) is 4.46. The number of fused-ring (bicyclic) bond motifs is 1. The minimum Gasteiger partial charge on any atom is -0.494 e. The van der Waals surface area contributed by atoms with Gasteiger partial charge in [0.15, 0.2) is 0 Å². The van der Waals surface area contributed by atoms with Gasteiger partial charge >= 0.3 is 0 Å². The van der Waals surface area contributed by atoms with Crippen LogP contribution in [0.15, 0.2) is 77.8 Å². The van der Waals surface area contributed by atoms with E-state index < -0.39 is 0 Å². The maximum atomic E-state index is 13.3. The first-order valence-electron chi connectivity index (χ1n) is 8.11. The number of methoxy groups -OCH3 is 1. The normalized spacial score (nSPS) is 14.6. The van der Waals surface area contributed by atoms with E-state index in [1.54, 1.807) is 12.0 Å². The Morgan fingerprint density at radius 2 is 1.54 bits per heavy atom. The molecule has 0 bridgehead atoms. The molecule has 0 radical (unpaired) electrons. The fourth-order valence-corrected chi connectivity index (χ4v) is 3.65. The predicted octanol–water partition coefficient (Wildman–Crippen LogP) is 5.10. The molecule has 1 aliphatic rings. The van der Waals surface area contributed by atoms with Crippen LogP contribution in [0.2, 0.25) is 0 Å². The second kappa shape index (κ2) is 6.92. The van der Waals surface area contributed by atoms with Crippen LogP contribution in [0.25, 0.3) is 0 Å². The Morgan fingerprint density at radius 3 is 2.31 bits per heavy atom. The van der Waals surface area contributed by atoms with Crippen LogP contribution in [0, 0.1) is 3.57 Å². The smallest absolute Gasteiger partial charge is 0.282 e. The maximum Gasteiger partial charge on any atom is 0.282 e. The maximum absolute atomic E-state index is 13.3. The van der Waals surface area contributed by atoms with Crippen LogP contribution in [0.3, 0.4) is 0 Å². The van der Waals surface area contributed by atoms with Gasteiger partial charge in [0.25, 0.3) is 5.91 Å². The van der Waals surface area contributed by atoms with E-state index in [0.717, 1.165) is 20.5 Å². The first kappa shape index (κ1) is 16.8. The highest BCUT2D eigenvalue weighted by Gasteiger charge is 2.35. The first-order valence-corrected chi connectivity index (χ1v) is 9.18. The Balaban J connectivity index is 1.90. The summed E-state index contributed by atoms with van der Waals surface area (Å²) in [6, 6.07) is 23.0. The molecule has 0 saturated heterocycles. The summed E-state index contributed by atoms with van der Waals surface area (Å²) in [6.45, 7) is 0. The van der Waals surface area contributed by atoms with Crippen molar-refractivity contribution in [1.29, 1.82) is 0 Å². The van der Waals surface area contributed by atoms with Crippen LogP contribution < -0.4 is 9.64 Å². The number of nitrogens with zero attached hydrogens (tertiary/aromatic N) is 2. The van der Waals surface area contributed by atoms with Crippen molar-refractivity contribution in [2.24, 2.45) is 4.99 Å². The van der Waals surface area contributed by atoms with E-state index in [4.69, 9.17) is 4.74 Å². The molecular formula is C21H15IN2O2. The van der Waals surface area contributed by atoms with E-state index in [1.165, 1.54) is 0 Å². The number of rotatable bonds is 3. The molecule has 128 valence electrons. The Hall–Kier alpha value is -2.67. The van der Waals surface area contributed by atoms with Crippen LogP contribution in [0.4, 0.5) is 17.1 Å². The molecule has 0 saturated carbocycles. The molecule has 0 aromatic heterocycles. The summed E-state index contributed by atoms with van der Waals surface area (Å²) in [5.74, 6) is 0.499. The van der Waals surface area contributed by atoms with E-state index in [9.17, 15) is 4.79 Å². The minimum absolute atomic E-state index is 0.138. The highest BCUT2D eigenvalue weighted by Crippen LogP contribution is 2.39. The quantitative estimate of drug-likeness (QED) is 0.517. The average Bonchev–Trinajstić information content (AvgIpc) is 2.95. The molecule has 4 rings (SSSR count). The Labute approximate surface area is 165 Å². The lowest BCUT2D eigenvalue weighted by Crippen LogP contribution is -2.26. The number of hydrogen-bond donors (Lipinski definition) is 0. The summed E-state index contributed by atoms with van der Waals surface area (Å²) in [4.78, 5) is 19.7. The third kappa shape index (κ3) is 2.78. The third-order valence-corrected chi connectivity index (χ3v) is 5.13. The van der Waals surface area contributed by atoms with Crippen LogP contribution in [0.5, 0.6) is 5.75 Å². The van der Waals surface area contributed by atoms with Gasteiger partial charge in [0, 0.05) is 9.13 Å². The van der Waals surface area contributed by atoms with Gasteiger partial charge in [-0.15, -0.1) is 0 Å². The number of para-hydroxylation sites is 4. The number of benzene rings is 3. The lowest BCUT2D eigenvalue weighted by molar-refractivity contribution is -0.111. The first-order chi connectivity index (χ1) is 12.7. The molecule has 4 nitrogen and oxygen atoms in total. The number of halogens is 1. The van der Waals surface area contributed by atoms with E-state index >= 15 is 0 Å². The van der Waals surface area contributed by atoms with E-state index in [-0.39, 0.29) is 5.91 Å². The lowest BCUT2D eigenvalue weighted by Gasteiger charge is -2.18. The van der Waals surface area contributed by atoms with Crippen molar-refractivity contribution in [2.75, 3.05) is 12.0 Å². The van der Waals surface area contributed by atoms with Gasteiger partial charge in [-0.25, -0.2) is 4.99 Å². The summed E-state index contributed by atoms with van der Waals surface area (Å²) in [5, 5.41) is 0. The van der Waals surface area contributed by atoms with Gasteiger partial charge in [-0.05, 0) is 52.9 Å². The minimum atomic E-state index is -0.138. The van der Waals surface area contributed by atoms with Crippen molar-refractivity contribution in [1.82, 2.24) is 0 Å². The van der Waals surface area contributed by atoms with Gasteiger partial charge < -0.3 is 4.74 Å². The molecule has 26 heavy (non-hydrogen) atoms. The van der Waals surface area contributed by atoms with Crippen molar-refractivity contribution in [3.8, 4) is 5.75 Å². The average molecular weight is 454 g/mol. The Bertz CT molecular complexity index is 1030. The number of ether oxygens (including phenoxy) is 1. The number of hydrogen-bond acceptors (Lipinski definition) is 3. The zero-order valence-corrected chi connectivity index (χ0v) is 16.2. The number of aliphatic imine (C=N–C) groups is 1. The molecule has 0 aliphatic carbocycles. The summed E-state index contributed by atoms with van der Waals surface area (Å²) in [6.07, 6.45) is 0. The van der Waals surface area contributed by atoms with Crippen LogP contribution in [-0.4, -0.2) is 18.7 Å². The molecule has 0 fully saturated rings. The fourth-order valence-electron chi connectivity index (χ4n) is 3.02. The number of amides is 1. The second-order valence-corrected chi connectivity index (χ2v) is 6.90. The summed E-state index contributed by atoms with van der Waals surface area (Å²) >= 11 is 2.25. The summed E-state index contributed by atoms with van der Waals surface area (Å²) in [7, 11) is 1.60. The van der Waals surface area contributed by atoms with Crippen molar-refractivity contribution in [3.63, 3.8) is 0 Å². The van der Waals surface area contributed by atoms with Gasteiger partial charge in [-0.3, -0.25) is 9.69 Å². The zero-order chi connectivity index (χ0) is 18.1. The molecule has 0 spiro atoms. The van der Waals surface area contributed by atoms with Gasteiger partial charge in [0.2, 0.25) is 0 Å². The van der Waals surface area contributed by atoms with Crippen molar-refractivity contribution < 1.29 is 9.53 Å². The number of carbonyl (C=O) groups excluding carboxylic acids is 1. The van der Waals surface area contributed by atoms with Gasteiger partial charge in [-0.1, -0.05) is 42.5 Å². The van der Waals surface area contributed by atoms with Crippen LogP contribution in [-0.2, 0) is 4.79 Å². The van der Waals surface area contributed by atoms with E-state index in [1.807, 2.05) is 72.8 Å². The van der Waals surface area contributed by atoms with Gasteiger partial charge in [-0.2, -0.15) is 0 Å². The molecule has 1 heterocycles. The third-order valence-electron chi connectivity index (χ3n) is 4.22. The predicted molar refractivity (Wildman–Crippen MR) is 112 cm³/mol. The van der Waals surface area contributed by atoms with Crippen LogP contribution >= 0.6 is 22.6 Å². The Morgan fingerprint density at radius 1 is 0.885 bits per heavy atom. The largest absolute Gasteiger partial charge is 0.494 e. The molecule has 0 unspecified atom stereocenters. The molecule has 0 N–H and O–H groups in total. The number of carbonyl (C=O) groups is 1.